The molecule has 0 aromatic heterocycles. The van der Waals surface area contributed by atoms with Crippen molar-refractivity contribution in [1.82, 2.24) is 10.9 Å². The minimum absolute atomic E-state index is 0. The fraction of sp³-hybridized carbons (Fsp3) is 0.600. The van der Waals surface area contributed by atoms with Crippen LogP contribution in [0.5, 0.6) is 0 Å². The molecule has 4 heteroatoms. The fourth-order valence-electron chi connectivity index (χ4n) is 0.246. The first-order chi connectivity index (χ1) is 3.81. The number of aliphatic imine (C=N–C) groups is 1. The van der Waals surface area contributed by atoms with Gasteiger partial charge in [-0.3, -0.25) is 10.4 Å². The van der Waals surface area contributed by atoms with Crippen LogP contribution in [0.1, 0.15) is 6.92 Å². The second-order valence-corrected chi connectivity index (χ2v) is 1.36. The number of nitrogens with zero attached hydrogens (tertiary/aromatic N) is 1. The zero-order valence-corrected chi connectivity index (χ0v) is 10.0. The first-order valence-electron chi connectivity index (χ1n) is 2.52. The third kappa shape index (κ3) is 8.48. The summed E-state index contributed by atoms with van der Waals surface area (Å²) in [6.45, 7) is 6.10. The Morgan fingerprint density at radius 1 is 1.67 bits per heavy atom. The second kappa shape index (κ2) is 8.48. The topological polar surface area (TPSA) is 36.4 Å². The molecule has 0 heterocycles. The molecular weight excluding hydrogens is 340 g/mol. The van der Waals surface area contributed by atoms with Crippen molar-refractivity contribution >= 4 is 5.84 Å². The third-order valence-electron chi connectivity index (χ3n) is 0.730. The Morgan fingerprint density at radius 2 is 2.22 bits per heavy atom. The van der Waals surface area contributed by atoms with E-state index in [9.17, 15) is 0 Å². The maximum atomic E-state index is 3.84. The summed E-state index contributed by atoms with van der Waals surface area (Å²) in [7, 11) is 1.73. The van der Waals surface area contributed by atoms with Gasteiger partial charge in [-0.2, -0.15) is 0 Å². The molecule has 0 radical (unpaired) electrons. The number of rotatable bonds is 2. The van der Waals surface area contributed by atoms with E-state index in [2.05, 4.69) is 22.8 Å². The molecule has 9 heavy (non-hydrogen) atoms. The number of amidine groups is 1. The summed E-state index contributed by atoms with van der Waals surface area (Å²) in [6.07, 6.45) is 0. The zero-order valence-electron chi connectivity index (χ0n) is 5.86. The van der Waals surface area contributed by atoms with Gasteiger partial charge in [-0.05, 0) is 6.92 Å². The molecule has 0 rings (SSSR count). The minimum Gasteiger partial charge on any atom is -0.328 e. The van der Waals surface area contributed by atoms with Gasteiger partial charge in [-0.15, -0.1) is 6.54 Å². The molecule has 0 aromatic rings. The molecule has 0 aliphatic heterocycles. The third-order valence-corrected chi connectivity index (χ3v) is 0.730. The average molecular weight is 352 g/mol. The maximum absolute atomic E-state index is 3.84. The molecule has 0 saturated heterocycles. The van der Waals surface area contributed by atoms with Gasteiger partial charge in [0.25, 0.3) is 0 Å². The Balaban J connectivity index is 0. The standard InChI is InChI=1S/C5H12N3.U/c1-4-7-8-5(2)6-3;/h7H,1,4H2,2-3H3,(H,6,8);/q-1;. The minimum atomic E-state index is 0. The first kappa shape index (κ1) is 12.2. The van der Waals surface area contributed by atoms with Gasteiger partial charge in [0, 0.05) is 38.2 Å². The predicted molar refractivity (Wildman–Crippen MR) is 35.5 cm³/mol. The Bertz CT molecular complexity index is 82.3. The van der Waals surface area contributed by atoms with Crippen LogP contribution in [0.4, 0.5) is 0 Å². The largest absolute Gasteiger partial charge is 0.328 e. The Morgan fingerprint density at radius 3 is 2.56 bits per heavy atom. The van der Waals surface area contributed by atoms with Crippen molar-refractivity contribution in [3.63, 3.8) is 0 Å². The molecular formula is C5H12N3U-. The van der Waals surface area contributed by atoms with Crippen molar-refractivity contribution in [3.8, 4) is 0 Å². The van der Waals surface area contributed by atoms with Gasteiger partial charge in [0.1, 0.15) is 5.84 Å². The van der Waals surface area contributed by atoms with Crippen molar-refractivity contribution in [2.24, 2.45) is 4.99 Å². The summed E-state index contributed by atoms with van der Waals surface area (Å²) in [5, 5.41) is 0. The molecule has 3 nitrogen and oxygen atoms in total. The summed E-state index contributed by atoms with van der Waals surface area (Å²) < 4.78 is 0. The summed E-state index contributed by atoms with van der Waals surface area (Å²) in [6, 6.07) is 0. The van der Waals surface area contributed by atoms with E-state index in [1.54, 1.807) is 7.05 Å². The fourth-order valence-corrected chi connectivity index (χ4v) is 0.246. The van der Waals surface area contributed by atoms with Crippen molar-refractivity contribution in [2.45, 2.75) is 6.92 Å². The van der Waals surface area contributed by atoms with Crippen molar-refractivity contribution in [2.75, 3.05) is 13.6 Å². The molecule has 0 spiro atoms. The summed E-state index contributed by atoms with van der Waals surface area (Å²) in [5.41, 5.74) is 5.63. The van der Waals surface area contributed by atoms with E-state index >= 15 is 0 Å². The van der Waals surface area contributed by atoms with E-state index in [0.29, 0.717) is 6.54 Å². The second-order valence-electron chi connectivity index (χ2n) is 1.36. The molecule has 0 aromatic carbocycles. The molecule has 0 aliphatic carbocycles. The molecule has 0 amide bonds. The van der Waals surface area contributed by atoms with Gasteiger partial charge in [-0.1, -0.05) is 0 Å². The van der Waals surface area contributed by atoms with Crippen molar-refractivity contribution < 1.29 is 31.1 Å². The molecule has 52 valence electrons. The van der Waals surface area contributed by atoms with Gasteiger partial charge < -0.3 is 12.3 Å². The SMILES string of the molecule is [CH2-]CNNC(C)=NC.[U]. The van der Waals surface area contributed by atoms with Gasteiger partial charge >= 0.3 is 0 Å². The van der Waals surface area contributed by atoms with E-state index in [1.165, 1.54) is 0 Å². The summed E-state index contributed by atoms with van der Waals surface area (Å²) >= 11 is 0. The summed E-state index contributed by atoms with van der Waals surface area (Å²) in [5.74, 6) is 0.869. The Labute approximate surface area is 80.0 Å². The van der Waals surface area contributed by atoms with Gasteiger partial charge in [0.2, 0.25) is 0 Å². The molecule has 0 fully saturated rings. The molecule has 0 unspecified atom stereocenters. The van der Waals surface area contributed by atoms with Gasteiger partial charge in [-0.25, -0.2) is 0 Å². The van der Waals surface area contributed by atoms with Crippen LogP contribution in [0.2, 0.25) is 0 Å². The van der Waals surface area contributed by atoms with Gasteiger partial charge in [0.15, 0.2) is 0 Å². The molecule has 0 aliphatic rings. The monoisotopic (exact) mass is 352 g/mol. The normalized spacial score (nSPS) is 10.3. The van der Waals surface area contributed by atoms with Crippen LogP contribution in [0, 0.1) is 38.0 Å². The number of hydrogen-bond donors (Lipinski definition) is 2. The van der Waals surface area contributed by atoms with E-state index in [0.717, 1.165) is 5.84 Å². The molecule has 0 atom stereocenters. The summed E-state index contributed by atoms with van der Waals surface area (Å²) in [4.78, 5) is 3.84. The molecule has 2 N–H and O–H groups in total. The predicted octanol–water partition coefficient (Wildman–Crippen LogP) is -0.0371. The molecule has 0 saturated carbocycles. The van der Waals surface area contributed by atoms with Crippen LogP contribution in [0.3, 0.4) is 0 Å². The Kier molecular flexibility index (Phi) is 11.5. The van der Waals surface area contributed by atoms with Crippen LogP contribution < -0.4 is 10.9 Å². The van der Waals surface area contributed by atoms with E-state index in [4.69, 9.17) is 0 Å². The van der Waals surface area contributed by atoms with Crippen LogP contribution in [0.15, 0.2) is 4.99 Å². The van der Waals surface area contributed by atoms with Crippen molar-refractivity contribution in [3.05, 3.63) is 6.92 Å². The maximum Gasteiger partial charge on any atom is 0.107 e. The Hall–Kier alpha value is 0.482. The van der Waals surface area contributed by atoms with Crippen LogP contribution in [-0.2, 0) is 0 Å². The molecule has 0 bridgehead atoms. The van der Waals surface area contributed by atoms with Crippen LogP contribution in [0.25, 0.3) is 0 Å². The zero-order chi connectivity index (χ0) is 6.41. The quantitative estimate of drug-likeness (QED) is 0.317. The van der Waals surface area contributed by atoms with Crippen LogP contribution >= 0.6 is 0 Å². The number of nitrogens with one attached hydrogen (secondary N) is 2. The smallest absolute Gasteiger partial charge is 0.107 e. The van der Waals surface area contributed by atoms with E-state index in [1.807, 2.05) is 6.92 Å². The average Bonchev–Trinajstić information content (AvgIpc) is 1.83. The van der Waals surface area contributed by atoms with E-state index in [-0.39, 0.29) is 31.1 Å². The van der Waals surface area contributed by atoms with E-state index < -0.39 is 0 Å². The first-order valence-corrected chi connectivity index (χ1v) is 2.52. The number of hydrazine groups is 1. The van der Waals surface area contributed by atoms with Gasteiger partial charge in [0.05, 0.1) is 0 Å². The van der Waals surface area contributed by atoms with Crippen LogP contribution in [-0.4, -0.2) is 19.4 Å². The number of hydrogen-bond acceptors (Lipinski definition) is 2. The van der Waals surface area contributed by atoms with Crippen molar-refractivity contribution in [1.29, 1.82) is 0 Å².